The average Bonchev–Trinajstić information content (AvgIpc) is 2.41. The number of halogens is 1. The SMILES string of the molecule is COc1cc(C)c(C)cc1CNc1ncc(Br)cc1C. The number of nitrogens with zero attached hydrogens (tertiary/aromatic N) is 1. The van der Waals surface area contributed by atoms with E-state index in [2.05, 4.69) is 52.2 Å². The standard InChI is InChI=1S/C16H19BrN2O/c1-10-5-13(15(20-4)7-11(10)2)8-18-16-12(3)6-14(17)9-19-16/h5-7,9H,8H2,1-4H3,(H,18,19). The Kier molecular flexibility index (Phi) is 4.65. The fourth-order valence-corrected chi connectivity index (χ4v) is 2.53. The topological polar surface area (TPSA) is 34.1 Å². The Morgan fingerprint density at radius 3 is 2.45 bits per heavy atom. The van der Waals surface area contributed by atoms with Gasteiger partial charge in [0.25, 0.3) is 0 Å². The molecule has 1 aromatic carbocycles. The van der Waals surface area contributed by atoms with Crippen LogP contribution in [0.2, 0.25) is 0 Å². The fourth-order valence-electron chi connectivity index (χ4n) is 2.08. The van der Waals surface area contributed by atoms with Crippen LogP contribution in [0.15, 0.2) is 28.9 Å². The molecule has 0 fully saturated rings. The van der Waals surface area contributed by atoms with Gasteiger partial charge in [0.05, 0.1) is 7.11 Å². The van der Waals surface area contributed by atoms with Crippen LogP contribution in [0.3, 0.4) is 0 Å². The van der Waals surface area contributed by atoms with E-state index in [0.29, 0.717) is 6.54 Å². The highest BCUT2D eigenvalue weighted by atomic mass is 79.9. The second-order valence-electron chi connectivity index (χ2n) is 4.92. The highest BCUT2D eigenvalue weighted by Gasteiger charge is 2.07. The zero-order chi connectivity index (χ0) is 14.7. The largest absolute Gasteiger partial charge is 0.496 e. The van der Waals surface area contributed by atoms with Crippen LogP contribution in [-0.2, 0) is 6.54 Å². The van der Waals surface area contributed by atoms with Gasteiger partial charge in [-0.15, -0.1) is 0 Å². The summed E-state index contributed by atoms with van der Waals surface area (Å²) in [6.07, 6.45) is 1.80. The summed E-state index contributed by atoms with van der Waals surface area (Å²) < 4.78 is 6.44. The maximum atomic E-state index is 5.45. The minimum Gasteiger partial charge on any atom is -0.496 e. The first-order chi connectivity index (χ1) is 9.51. The van der Waals surface area contributed by atoms with Crippen molar-refractivity contribution in [2.45, 2.75) is 27.3 Å². The van der Waals surface area contributed by atoms with Crippen molar-refractivity contribution in [3.63, 3.8) is 0 Å². The maximum absolute atomic E-state index is 5.45. The molecule has 0 atom stereocenters. The van der Waals surface area contributed by atoms with Crippen molar-refractivity contribution in [2.24, 2.45) is 0 Å². The number of ether oxygens (including phenoxy) is 1. The molecule has 1 N–H and O–H groups in total. The summed E-state index contributed by atoms with van der Waals surface area (Å²) in [5.41, 5.74) is 4.76. The molecule has 0 radical (unpaired) electrons. The van der Waals surface area contributed by atoms with Crippen LogP contribution >= 0.6 is 15.9 Å². The number of nitrogens with one attached hydrogen (secondary N) is 1. The lowest BCUT2D eigenvalue weighted by Crippen LogP contribution is -2.05. The smallest absolute Gasteiger partial charge is 0.129 e. The normalized spacial score (nSPS) is 10.4. The van der Waals surface area contributed by atoms with Crippen LogP contribution in [0.4, 0.5) is 5.82 Å². The van der Waals surface area contributed by atoms with Crippen molar-refractivity contribution in [1.82, 2.24) is 4.98 Å². The molecule has 0 aliphatic rings. The molecular formula is C16H19BrN2O. The summed E-state index contributed by atoms with van der Waals surface area (Å²) in [7, 11) is 1.71. The Morgan fingerprint density at radius 2 is 1.80 bits per heavy atom. The van der Waals surface area contributed by atoms with Crippen LogP contribution in [0.5, 0.6) is 5.75 Å². The van der Waals surface area contributed by atoms with Gasteiger partial charge in [0.15, 0.2) is 0 Å². The molecule has 0 saturated heterocycles. The molecule has 0 saturated carbocycles. The van der Waals surface area contributed by atoms with Gasteiger partial charge in [-0.25, -0.2) is 4.98 Å². The van der Waals surface area contributed by atoms with Crippen molar-refractivity contribution in [3.05, 3.63) is 51.1 Å². The third-order valence-electron chi connectivity index (χ3n) is 3.39. The minimum absolute atomic E-state index is 0.694. The first kappa shape index (κ1) is 14.9. The fraction of sp³-hybridized carbons (Fsp3) is 0.312. The molecule has 1 aromatic heterocycles. The van der Waals surface area contributed by atoms with Gasteiger partial charge in [-0.05, 0) is 65.5 Å². The number of benzene rings is 1. The number of aromatic nitrogens is 1. The number of hydrogen-bond donors (Lipinski definition) is 1. The predicted octanol–water partition coefficient (Wildman–Crippen LogP) is 4.39. The molecule has 2 rings (SSSR count). The van der Waals surface area contributed by atoms with Crippen molar-refractivity contribution in [1.29, 1.82) is 0 Å². The number of aryl methyl sites for hydroxylation is 3. The first-order valence-electron chi connectivity index (χ1n) is 6.51. The van der Waals surface area contributed by atoms with Gasteiger partial charge in [0, 0.05) is 22.8 Å². The Balaban J connectivity index is 2.20. The van der Waals surface area contributed by atoms with E-state index in [1.807, 2.05) is 13.0 Å². The Morgan fingerprint density at radius 1 is 1.10 bits per heavy atom. The van der Waals surface area contributed by atoms with E-state index in [1.54, 1.807) is 13.3 Å². The zero-order valence-electron chi connectivity index (χ0n) is 12.2. The molecule has 0 amide bonds. The molecular weight excluding hydrogens is 316 g/mol. The highest BCUT2D eigenvalue weighted by Crippen LogP contribution is 2.24. The van der Waals surface area contributed by atoms with Gasteiger partial charge in [0.2, 0.25) is 0 Å². The maximum Gasteiger partial charge on any atom is 0.129 e. The van der Waals surface area contributed by atoms with Gasteiger partial charge in [0.1, 0.15) is 11.6 Å². The van der Waals surface area contributed by atoms with Gasteiger partial charge in [-0.1, -0.05) is 6.07 Å². The molecule has 0 spiro atoms. The second kappa shape index (κ2) is 6.27. The summed E-state index contributed by atoms with van der Waals surface area (Å²) in [6.45, 7) is 6.94. The van der Waals surface area contributed by atoms with E-state index in [0.717, 1.165) is 27.2 Å². The van der Waals surface area contributed by atoms with Crippen molar-refractivity contribution in [2.75, 3.05) is 12.4 Å². The van der Waals surface area contributed by atoms with Crippen molar-refractivity contribution < 1.29 is 4.74 Å². The van der Waals surface area contributed by atoms with E-state index in [4.69, 9.17) is 4.74 Å². The van der Waals surface area contributed by atoms with E-state index in [-0.39, 0.29) is 0 Å². The lowest BCUT2D eigenvalue weighted by Gasteiger charge is -2.14. The Labute approximate surface area is 128 Å². The van der Waals surface area contributed by atoms with Crippen LogP contribution in [-0.4, -0.2) is 12.1 Å². The van der Waals surface area contributed by atoms with E-state index in [9.17, 15) is 0 Å². The molecule has 0 aliphatic heterocycles. The molecule has 2 aromatic rings. The number of hydrogen-bond acceptors (Lipinski definition) is 3. The Hall–Kier alpha value is -1.55. The number of pyridine rings is 1. The zero-order valence-corrected chi connectivity index (χ0v) is 13.8. The third-order valence-corrected chi connectivity index (χ3v) is 3.82. The lowest BCUT2D eigenvalue weighted by molar-refractivity contribution is 0.410. The summed E-state index contributed by atoms with van der Waals surface area (Å²) in [5.74, 6) is 1.81. The number of anilines is 1. The van der Waals surface area contributed by atoms with Crippen LogP contribution in [0.25, 0.3) is 0 Å². The monoisotopic (exact) mass is 334 g/mol. The summed E-state index contributed by atoms with van der Waals surface area (Å²) in [6, 6.07) is 6.29. The van der Waals surface area contributed by atoms with E-state index in [1.165, 1.54) is 11.1 Å². The number of methoxy groups -OCH3 is 1. The molecule has 20 heavy (non-hydrogen) atoms. The summed E-state index contributed by atoms with van der Waals surface area (Å²) >= 11 is 3.42. The molecule has 106 valence electrons. The van der Waals surface area contributed by atoms with Crippen LogP contribution in [0.1, 0.15) is 22.3 Å². The van der Waals surface area contributed by atoms with Gasteiger partial charge in [-0.3, -0.25) is 0 Å². The average molecular weight is 335 g/mol. The van der Waals surface area contributed by atoms with Crippen LogP contribution in [0, 0.1) is 20.8 Å². The molecule has 0 aliphatic carbocycles. The lowest BCUT2D eigenvalue weighted by atomic mass is 10.0. The minimum atomic E-state index is 0.694. The molecule has 1 heterocycles. The van der Waals surface area contributed by atoms with Crippen molar-refractivity contribution in [3.8, 4) is 5.75 Å². The van der Waals surface area contributed by atoms with Gasteiger partial charge < -0.3 is 10.1 Å². The summed E-state index contributed by atoms with van der Waals surface area (Å²) in [5, 5.41) is 3.37. The molecule has 0 bridgehead atoms. The molecule has 4 heteroatoms. The van der Waals surface area contributed by atoms with Gasteiger partial charge in [-0.2, -0.15) is 0 Å². The van der Waals surface area contributed by atoms with Crippen LogP contribution < -0.4 is 10.1 Å². The third kappa shape index (κ3) is 3.31. The predicted molar refractivity (Wildman–Crippen MR) is 86.5 cm³/mol. The quantitative estimate of drug-likeness (QED) is 0.900. The van der Waals surface area contributed by atoms with Crippen molar-refractivity contribution >= 4 is 21.7 Å². The Bertz CT molecular complexity index is 626. The summed E-state index contributed by atoms with van der Waals surface area (Å²) in [4.78, 5) is 4.39. The number of rotatable bonds is 4. The highest BCUT2D eigenvalue weighted by molar-refractivity contribution is 9.10. The molecule has 3 nitrogen and oxygen atoms in total. The van der Waals surface area contributed by atoms with Gasteiger partial charge >= 0.3 is 0 Å². The second-order valence-corrected chi connectivity index (χ2v) is 5.84. The first-order valence-corrected chi connectivity index (χ1v) is 7.30. The molecule has 0 unspecified atom stereocenters. The van der Waals surface area contributed by atoms with E-state index < -0.39 is 0 Å². The van der Waals surface area contributed by atoms with E-state index >= 15 is 0 Å².